The fraction of sp³-hybridized carbons (Fsp3) is 0.621. The van der Waals surface area contributed by atoms with Crippen molar-refractivity contribution in [3.63, 3.8) is 0 Å². The Hall–Kier alpha value is -1.81. The van der Waals surface area contributed by atoms with E-state index in [2.05, 4.69) is 52.0 Å². The minimum Gasteiger partial charge on any atom is -0.473 e. The van der Waals surface area contributed by atoms with Crippen LogP contribution < -0.4 is 5.38 Å². The molecule has 0 aliphatic rings. The summed E-state index contributed by atoms with van der Waals surface area (Å²) in [6.45, 7) is 9.43. The molecule has 0 amide bonds. The topological polar surface area (TPSA) is 39.4 Å². The van der Waals surface area contributed by atoms with E-state index in [1.54, 1.807) is 0 Å². The average Bonchev–Trinajstić information content (AvgIpc) is 3.28. The zero-order valence-electron chi connectivity index (χ0n) is 21.6. The quantitative estimate of drug-likeness (QED) is 0.132. The predicted octanol–water partition coefficient (Wildman–Crippen LogP) is 8.63. The van der Waals surface area contributed by atoms with Gasteiger partial charge in [-0.3, -0.25) is 4.79 Å². The van der Waals surface area contributed by atoms with Gasteiger partial charge < -0.3 is 9.15 Å². The van der Waals surface area contributed by atoms with Crippen molar-refractivity contribution in [2.24, 2.45) is 0 Å². The molecule has 33 heavy (non-hydrogen) atoms. The maximum absolute atomic E-state index is 12.4. The third kappa shape index (κ3) is 8.17. The van der Waals surface area contributed by atoms with Crippen LogP contribution in [0.25, 0.3) is 11.1 Å². The number of ether oxygens (including phenoxy) is 1. The van der Waals surface area contributed by atoms with Gasteiger partial charge in [-0.05, 0) is 12.0 Å². The molecular formula is C29H46O3Si. The van der Waals surface area contributed by atoms with Gasteiger partial charge in [0.1, 0.15) is 14.7 Å². The molecule has 2 rings (SSSR count). The highest BCUT2D eigenvalue weighted by atomic mass is 28.3. The third-order valence-electron chi connectivity index (χ3n) is 7.31. The van der Waals surface area contributed by atoms with Crippen LogP contribution in [0.2, 0.25) is 18.1 Å². The minimum atomic E-state index is -1.71. The predicted molar refractivity (Wildman–Crippen MR) is 143 cm³/mol. The summed E-state index contributed by atoms with van der Waals surface area (Å²) in [6.07, 6.45) is 13.6. The Morgan fingerprint density at radius 1 is 0.818 bits per heavy atom. The van der Waals surface area contributed by atoms with Gasteiger partial charge in [-0.15, -0.1) is 0 Å². The van der Waals surface area contributed by atoms with Crippen molar-refractivity contribution in [3.05, 3.63) is 42.2 Å². The number of rotatable bonds is 17. The molecule has 0 atom stereocenters. The van der Waals surface area contributed by atoms with Gasteiger partial charge >= 0.3 is 5.97 Å². The molecular weight excluding hydrogens is 424 g/mol. The van der Waals surface area contributed by atoms with E-state index < -0.39 is 8.07 Å². The molecule has 3 nitrogen and oxygen atoms in total. The van der Waals surface area contributed by atoms with Crippen molar-refractivity contribution in [1.29, 1.82) is 0 Å². The normalized spacial score (nSPS) is 11.6. The number of unbranched alkanes of at least 4 members (excludes halogenated alkanes) is 8. The summed E-state index contributed by atoms with van der Waals surface area (Å²) >= 11 is 0. The number of carbonyl (C=O) groups excluding carboxylic acids is 1. The summed E-state index contributed by atoms with van der Waals surface area (Å²) in [5, 5.41) is 1.17. The van der Waals surface area contributed by atoms with Crippen LogP contribution in [0.4, 0.5) is 0 Å². The Balaban J connectivity index is 1.92. The molecule has 1 aromatic heterocycles. The summed E-state index contributed by atoms with van der Waals surface area (Å²) in [4.78, 5) is 12.4. The number of hydrogen-bond acceptors (Lipinski definition) is 3. The molecule has 0 aliphatic carbocycles. The van der Waals surface area contributed by atoms with Crippen LogP contribution in [0.1, 0.15) is 97.5 Å². The molecule has 4 heteroatoms. The molecule has 0 bridgehead atoms. The van der Waals surface area contributed by atoms with Crippen LogP contribution >= 0.6 is 0 Å². The number of furan rings is 1. The van der Waals surface area contributed by atoms with E-state index in [9.17, 15) is 4.79 Å². The summed E-state index contributed by atoms with van der Waals surface area (Å²) in [5.74, 6) is -0.0929. The van der Waals surface area contributed by atoms with Gasteiger partial charge in [-0.2, -0.15) is 0 Å². The van der Waals surface area contributed by atoms with E-state index in [0.29, 0.717) is 13.0 Å². The Morgan fingerprint density at radius 3 is 1.97 bits per heavy atom. The molecule has 0 spiro atoms. The Kier molecular flexibility index (Phi) is 12.6. The van der Waals surface area contributed by atoms with Crippen molar-refractivity contribution in [2.75, 3.05) is 0 Å². The highest BCUT2D eigenvalue weighted by molar-refractivity contribution is 6.91. The lowest BCUT2D eigenvalue weighted by molar-refractivity contribution is -0.145. The summed E-state index contributed by atoms with van der Waals surface area (Å²) in [6, 6.07) is 13.9. The van der Waals surface area contributed by atoms with Gasteiger partial charge in [0.15, 0.2) is 0 Å². The SMILES string of the molecule is CCCCCCCCCCCC(=O)OCc1coc([Si](CC)(CC)CC)c1-c1ccccc1. The van der Waals surface area contributed by atoms with Gasteiger partial charge in [0.2, 0.25) is 0 Å². The Labute approximate surface area is 203 Å². The number of hydrogen-bond donors (Lipinski definition) is 0. The number of esters is 1. The molecule has 0 saturated carbocycles. The van der Waals surface area contributed by atoms with E-state index in [1.165, 1.54) is 61.5 Å². The van der Waals surface area contributed by atoms with Gasteiger partial charge in [0, 0.05) is 17.5 Å². The minimum absolute atomic E-state index is 0.0929. The molecule has 184 valence electrons. The fourth-order valence-corrected chi connectivity index (χ4v) is 8.46. The van der Waals surface area contributed by atoms with Gasteiger partial charge in [0.25, 0.3) is 0 Å². The highest BCUT2D eigenvalue weighted by Gasteiger charge is 2.36. The Bertz CT molecular complexity index is 784. The van der Waals surface area contributed by atoms with Crippen molar-refractivity contribution in [1.82, 2.24) is 0 Å². The second-order valence-corrected chi connectivity index (χ2v) is 14.5. The first-order valence-electron chi connectivity index (χ1n) is 13.4. The lowest BCUT2D eigenvalue weighted by Crippen LogP contribution is -2.46. The molecule has 0 saturated heterocycles. The highest BCUT2D eigenvalue weighted by Crippen LogP contribution is 2.31. The summed E-state index contributed by atoms with van der Waals surface area (Å²) in [5.41, 5.74) is 3.34. The average molecular weight is 471 g/mol. The molecule has 0 radical (unpaired) electrons. The molecule has 0 fully saturated rings. The number of benzene rings is 1. The summed E-state index contributed by atoms with van der Waals surface area (Å²) in [7, 11) is -1.71. The molecule has 1 aromatic carbocycles. The lowest BCUT2D eigenvalue weighted by atomic mass is 10.1. The standard InChI is InChI=1S/C29H46O3Si/c1-5-9-10-11-12-13-14-15-19-22-27(30)31-23-26-24-32-29(33(6-2,7-3)8-4)28(26)25-20-17-16-18-21-25/h16-18,20-21,24H,5-15,19,22-23H2,1-4H3. The van der Waals surface area contributed by atoms with Crippen molar-refractivity contribution >= 4 is 19.4 Å². The fourth-order valence-electron chi connectivity index (χ4n) is 4.85. The van der Waals surface area contributed by atoms with E-state index in [0.717, 1.165) is 36.5 Å². The van der Waals surface area contributed by atoms with E-state index in [4.69, 9.17) is 9.15 Å². The van der Waals surface area contributed by atoms with Crippen LogP contribution in [-0.2, 0) is 16.1 Å². The van der Waals surface area contributed by atoms with Crippen LogP contribution in [0.5, 0.6) is 0 Å². The second-order valence-electron chi connectivity index (χ2n) is 9.41. The second kappa shape index (κ2) is 15.2. The van der Waals surface area contributed by atoms with Crippen LogP contribution in [0, 0.1) is 0 Å². The smallest absolute Gasteiger partial charge is 0.306 e. The molecule has 0 aliphatic heterocycles. The third-order valence-corrected chi connectivity index (χ3v) is 12.7. The monoisotopic (exact) mass is 470 g/mol. The first-order chi connectivity index (χ1) is 16.1. The zero-order valence-corrected chi connectivity index (χ0v) is 22.6. The number of carbonyl (C=O) groups is 1. The van der Waals surface area contributed by atoms with E-state index in [1.807, 2.05) is 12.3 Å². The largest absolute Gasteiger partial charge is 0.473 e. The summed E-state index contributed by atoms with van der Waals surface area (Å²) < 4.78 is 12.0. The first-order valence-corrected chi connectivity index (χ1v) is 16.1. The van der Waals surface area contributed by atoms with Gasteiger partial charge in [0.05, 0.1) is 11.6 Å². The maximum atomic E-state index is 12.4. The zero-order chi connectivity index (χ0) is 23.9. The van der Waals surface area contributed by atoms with Crippen molar-refractivity contribution < 1.29 is 13.9 Å². The molecule has 0 unspecified atom stereocenters. The van der Waals surface area contributed by atoms with E-state index >= 15 is 0 Å². The lowest BCUT2D eigenvalue weighted by Gasteiger charge is -2.27. The van der Waals surface area contributed by atoms with Crippen LogP contribution in [-0.4, -0.2) is 14.0 Å². The first kappa shape index (κ1) is 27.4. The van der Waals surface area contributed by atoms with Gasteiger partial charge in [-0.1, -0.05) is 128 Å². The van der Waals surface area contributed by atoms with Crippen LogP contribution in [0.15, 0.2) is 41.0 Å². The molecule has 0 N–H and O–H groups in total. The molecule has 2 aromatic rings. The van der Waals surface area contributed by atoms with Crippen molar-refractivity contribution in [3.8, 4) is 11.1 Å². The Morgan fingerprint density at radius 2 is 1.39 bits per heavy atom. The maximum Gasteiger partial charge on any atom is 0.306 e. The molecule has 1 heterocycles. The van der Waals surface area contributed by atoms with E-state index in [-0.39, 0.29) is 5.97 Å². The van der Waals surface area contributed by atoms with Crippen molar-refractivity contribution in [2.45, 2.75) is 117 Å². The van der Waals surface area contributed by atoms with Crippen LogP contribution in [0.3, 0.4) is 0 Å². The van der Waals surface area contributed by atoms with Gasteiger partial charge in [-0.25, -0.2) is 0 Å².